The number of nitrogens with one attached hydrogen (secondary N) is 2. The highest BCUT2D eigenvalue weighted by Gasteiger charge is 2.15. The molecule has 3 N–H and O–H groups in total. The van der Waals surface area contributed by atoms with Crippen LogP contribution in [0.4, 0.5) is 5.69 Å². The van der Waals surface area contributed by atoms with Crippen molar-refractivity contribution in [2.45, 2.75) is 6.92 Å². The molecule has 0 saturated heterocycles. The first kappa shape index (κ1) is 19.1. The monoisotopic (exact) mass is 403 g/mol. The van der Waals surface area contributed by atoms with Gasteiger partial charge in [0.2, 0.25) is 5.43 Å². The molecule has 8 heteroatoms. The Morgan fingerprint density at radius 2 is 1.93 bits per heavy atom. The van der Waals surface area contributed by atoms with Gasteiger partial charge in [-0.2, -0.15) is 0 Å². The summed E-state index contributed by atoms with van der Waals surface area (Å²) in [4.78, 5) is 43.3. The average molecular weight is 403 g/mol. The maximum absolute atomic E-state index is 12.6. The first-order valence-electron chi connectivity index (χ1n) is 9.19. The van der Waals surface area contributed by atoms with E-state index in [2.05, 4.69) is 15.3 Å². The zero-order chi connectivity index (χ0) is 21.3. The van der Waals surface area contributed by atoms with Crippen LogP contribution < -0.4 is 15.5 Å². The third kappa shape index (κ3) is 3.46. The molecular weight excluding hydrogens is 386 g/mol. The number of carboxylic acids is 1. The van der Waals surface area contributed by atoms with E-state index in [1.807, 2.05) is 6.92 Å². The van der Waals surface area contributed by atoms with Crippen molar-refractivity contribution in [1.82, 2.24) is 9.97 Å². The maximum atomic E-state index is 12.6. The molecule has 0 aliphatic rings. The van der Waals surface area contributed by atoms with Gasteiger partial charge in [-0.05, 0) is 43.3 Å². The third-order valence-corrected chi connectivity index (χ3v) is 4.62. The largest absolute Gasteiger partial charge is 0.494 e. The molecular formula is C22H17N3O5. The molecule has 8 nitrogen and oxygen atoms in total. The highest BCUT2D eigenvalue weighted by atomic mass is 16.5. The van der Waals surface area contributed by atoms with Gasteiger partial charge in [0.1, 0.15) is 11.3 Å². The lowest BCUT2D eigenvalue weighted by Crippen LogP contribution is -2.15. The second kappa shape index (κ2) is 7.67. The molecule has 2 heterocycles. The van der Waals surface area contributed by atoms with Crippen molar-refractivity contribution < 1.29 is 19.4 Å². The van der Waals surface area contributed by atoms with Gasteiger partial charge in [-0.3, -0.25) is 14.6 Å². The molecule has 0 saturated carbocycles. The van der Waals surface area contributed by atoms with Gasteiger partial charge in [-0.15, -0.1) is 0 Å². The zero-order valence-corrected chi connectivity index (χ0v) is 15.9. The fourth-order valence-corrected chi connectivity index (χ4v) is 3.18. The van der Waals surface area contributed by atoms with Crippen LogP contribution in [0.15, 0.2) is 59.7 Å². The Kier molecular flexibility index (Phi) is 4.89. The Hall–Kier alpha value is -4.20. The number of carboxylic acid groups (broad SMARTS) is 1. The van der Waals surface area contributed by atoms with Crippen molar-refractivity contribution in [2.24, 2.45) is 0 Å². The summed E-state index contributed by atoms with van der Waals surface area (Å²) in [6.07, 6.45) is 2.57. The van der Waals surface area contributed by atoms with E-state index < -0.39 is 11.4 Å². The molecule has 0 aliphatic heterocycles. The molecule has 0 unspecified atom stereocenters. The van der Waals surface area contributed by atoms with Crippen LogP contribution in [0.5, 0.6) is 5.75 Å². The molecule has 0 aliphatic carbocycles. The van der Waals surface area contributed by atoms with Crippen molar-refractivity contribution >= 4 is 39.4 Å². The number of nitrogens with zero attached hydrogens (tertiary/aromatic N) is 1. The van der Waals surface area contributed by atoms with E-state index in [0.29, 0.717) is 34.3 Å². The number of anilines is 1. The summed E-state index contributed by atoms with van der Waals surface area (Å²) in [5.41, 5.74) is 0.929. The average Bonchev–Trinajstić information content (AvgIpc) is 2.74. The van der Waals surface area contributed by atoms with Gasteiger partial charge >= 0.3 is 5.97 Å². The Morgan fingerprint density at radius 3 is 2.63 bits per heavy atom. The van der Waals surface area contributed by atoms with Crippen molar-refractivity contribution in [1.29, 1.82) is 0 Å². The summed E-state index contributed by atoms with van der Waals surface area (Å²) < 4.78 is 5.38. The van der Waals surface area contributed by atoms with Gasteiger partial charge in [-0.1, -0.05) is 6.07 Å². The predicted molar refractivity (Wildman–Crippen MR) is 112 cm³/mol. The lowest BCUT2D eigenvalue weighted by atomic mass is 10.1. The molecule has 0 spiro atoms. The minimum Gasteiger partial charge on any atom is -0.494 e. The molecule has 0 bridgehead atoms. The fourth-order valence-electron chi connectivity index (χ4n) is 3.18. The molecule has 1 amide bonds. The first-order valence-corrected chi connectivity index (χ1v) is 9.19. The van der Waals surface area contributed by atoms with Crippen LogP contribution in [0.25, 0.3) is 21.8 Å². The highest BCUT2D eigenvalue weighted by molar-refractivity contribution is 6.09. The van der Waals surface area contributed by atoms with E-state index in [0.717, 1.165) is 11.9 Å². The van der Waals surface area contributed by atoms with Gasteiger partial charge in [0.25, 0.3) is 5.91 Å². The molecule has 4 aromatic rings. The predicted octanol–water partition coefficient (Wildman–Crippen LogP) is 3.43. The van der Waals surface area contributed by atoms with Crippen molar-refractivity contribution in [3.05, 3.63) is 76.2 Å². The number of carbonyl (C=O) groups is 2. The number of carbonyl (C=O) groups excluding carboxylic acids is 1. The van der Waals surface area contributed by atoms with Gasteiger partial charge in [-0.25, -0.2) is 4.79 Å². The van der Waals surface area contributed by atoms with Gasteiger partial charge in [0.05, 0.1) is 23.2 Å². The van der Waals surface area contributed by atoms with Gasteiger partial charge < -0.3 is 20.1 Å². The normalized spacial score (nSPS) is 10.8. The van der Waals surface area contributed by atoms with Crippen LogP contribution >= 0.6 is 0 Å². The quantitative estimate of drug-likeness (QED) is 0.439. The van der Waals surface area contributed by atoms with Crippen LogP contribution in [0.2, 0.25) is 0 Å². The van der Waals surface area contributed by atoms with Crippen molar-refractivity contribution in [3.63, 3.8) is 0 Å². The van der Waals surface area contributed by atoms with Crippen LogP contribution in [0.3, 0.4) is 0 Å². The molecule has 0 atom stereocenters. The van der Waals surface area contributed by atoms with E-state index in [1.54, 1.807) is 36.4 Å². The maximum Gasteiger partial charge on any atom is 0.341 e. The molecule has 150 valence electrons. The molecule has 2 aromatic carbocycles. The number of pyridine rings is 2. The van der Waals surface area contributed by atoms with E-state index in [-0.39, 0.29) is 16.9 Å². The molecule has 30 heavy (non-hydrogen) atoms. The molecule has 0 radical (unpaired) electrons. The van der Waals surface area contributed by atoms with Crippen molar-refractivity contribution in [2.75, 3.05) is 11.9 Å². The van der Waals surface area contributed by atoms with Gasteiger partial charge in [0.15, 0.2) is 0 Å². The summed E-state index contributed by atoms with van der Waals surface area (Å²) >= 11 is 0. The summed E-state index contributed by atoms with van der Waals surface area (Å²) in [6, 6.07) is 11.9. The van der Waals surface area contributed by atoms with Crippen LogP contribution in [-0.4, -0.2) is 33.6 Å². The molecule has 4 rings (SSSR count). The van der Waals surface area contributed by atoms with Crippen LogP contribution in [-0.2, 0) is 0 Å². The second-order valence-corrected chi connectivity index (χ2v) is 6.53. The van der Waals surface area contributed by atoms with E-state index in [1.165, 1.54) is 12.3 Å². The Morgan fingerprint density at radius 1 is 1.17 bits per heavy atom. The number of ether oxygens (including phenoxy) is 1. The highest BCUT2D eigenvalue weighted by Crippen LogP contribution is 2.22. The number of fused-ring (bicyclic) bond motifs is 3. The van der Waals surface area contributed by atoms with Gasteiger partial charge in [0, 0.05) is 28.9 Å². The van der Waals surface area contributed by atoms with Crippen molar-refractivity contribution in [3.8, 4) is 5.75 Å². The molecule has 0 fully saturated rings. The number of hydrogen-bond acceptors (Lipinski definition) is 5. The summed E-state index contributed by atoms with van der Waals surface area (Å²) in [5, 5.41) is 12.8. The number of benzene rings is 2. The third-order valence-electron chi connectivity index (χ3n) is 4.62. The van der Waals surface area contributed by atoms with Crippen LogP contribution in [0, 0.1) is 0 Å². The molecule has 2 aromatic heterocycles. The van der Waals surface area contributed by atoms with E-state index in [9.17, 15) is 14.4 Å². The number of aromatic carboxylic acids is 1. The second-order valence-electron chi connectivity index (χ2n) is 6.53. The fraction of sp³-hybridized carbons (Fsp3) is 0.0909. The topological polar surface area (TPSA) is 121 Å². The SMILES string of the molecule is CCOc1ccc(NC(=O)c2cnc3c(ccc4c(=O)c(C(=O)O)c[nH]c43)c2)cc1. The Labute approximate surface area is 170 Å². The number of aromatic amines is 1. The van der Waals surface area contributed by atoms with Crippen LogP contribution in [0.1, 0.15) is 27.6 Å². The smallest absolute Gasteiger partial charge is 0.341 e. The summed E-state index contributed by atoms with van der Waals surface area (Å²) in [5.74, 6) is -0.911. The lowest BCUT2D eigenvalue weighted by Gasteiger charge is -2.08. The van der Waals surface area contributed by atoms with E-state index in [4.69, 9.17) is 9.84 Å². The minimum absolute atomic E-state index is 0.224. The summed E-state index contributed by atoms with van der Waals surface area (Å²) in [7, 11) is 0. The Balaban J connectivity index is 1.66. The zero-order valence-electron chi connectivity index (χ0n) is 15.9. The summed E-state index contributed by atoms with van der Waals surface area (Å²) in [6.45, 7) is 2.46. The number of rotatable bonds is 5. The minimum atomic E-state index is -1.30. The number of aromatic nitrogens is 2. The number of hydrogen-bond donors (Lipinski definition) is 3. The Bertz CT molecular complexity index is 1340. The standard InChI is InChI=1S/C22H17N3O5/c1-2-30-15-6-4-14(5-7-15)25-21(27)13-9-12-3-8-16-19(18(12)23-10-13)24-11-17(20(16)26)22(28)29/h3-11H,2H2,1H3,(H,24,26)(H,25,27)(H,28,29). The van der Waals surface area contributed by atoms with E-state index >= 15 is 0 Å². The number of H-pyrrole nitrogens is 1. The first-order chi connectivity index (χ1) is 14.5. The lowest BCUT2D eigenvalue weighted by molar-refractivity contribution is 0.0695. The number of amides is 1.